The summed E-state index contributed by atoms with van der Waals surface area (Å²) in [6.45, 7) is 12.4. The maximum atomic E-state index is 13.2. The van der Waals surface area contributed by atoms with Crippen molar-refractivity contribution in [3.05, 3.63) is 36.4 Å². The van der Waals surface area contributed by atoms with Crippen LogP contribution in [0.4, 0.5) is 16.4 Å². The van der Waals surface area contributed by atoms with Crippen LogP contribution in [-0.4, -0.2) is 90.5 Å². The lowest BCUT2D eigenvalue weighted by molar-refractivity contribution is 0.00733. The average molecular weight is 601 g/mol. The number of hydrogen-bond acceptors (Lipinski definition) is 10. The SMILES string of the molecule is CC(c1ccc(N2CCC[C@@H](N(CC3CCC3)C(=O)OC(C)(C)C)C2)nn1)n1cc(-c2cncc(N3CC4CC4C3)n2)nn1. The zero-order valence-electron chi connectivity index (χ0n) is 26.3. The molecular formula is C32H44N10O2. The molecule has 2 saturated carbocycles. The first-order valence-electron chi connectivity index (χ1n) is 16.3. The quantitative estimate of drug-likeness (QED) is 0.363. The van der Waals surface area contributed by atoms with E-state index in [2.05, 4.69) is 35.3 Å². The van der Waals surface area contributed by atoms with E-state index in [1.54, 1.807) is 10.9 Å². The normalized spacial score (nSPS) is 24.0. The Kier molecular flexibility index (Phi) is 7.62. The Labute approximate surface area is 259 Å². The van der Waals surface area contributed by atoms with E-state index in [0.717, 1.165) is 80.4 Å². The molecule has 3 aromatic rings. The molecule has 5 heterocycles. The van der Waals surface area contributed by atoms with E-state index in [1.165, 1.54) is 25.7 Å². The highest BCUT2D eigenvalue weighted by Crippen LogP contribution is 2.46. The van der Waals surface area contributed by atoms with Gasteiger partial charge in [0.25, 0.3) is 0 Å². The fourth-order valence-electron chi connectivity index (χ4n) is 6.73. The van der Waals surface area contributed by atoms with Crippen LogP contribution < -0.4 is 9.80 Å². The largest absolute Gasteiger partial charge is 0.444 e. The highest BCUT2D eigenvalue weighted by atomic mass is 16.6. The predicted molar refractivity (Wildman–Crippen MR) is 166 cm³/mol. The molecule has 4 aliphatic rings. The lowest BCUT2D eigenvalue weighted by Crippen LogP contribution is -2.53. The summed E-state index contributed by atoms with van der Waals surface area (Å²) in [4.78, 5) is 29.1. The monoisotopic (exact) mass is 600 g/mol. The summed E-state index contributed by atoms with van der Waals surface area (Å²) in [6.07, 6.45) is 12.2. The first kappa shape index (κ1) is 28.9. The van der Waals surface area contributed by atoms with E-state index in [0.29, 0.717) is 11.6 Å². The van der Waals surface area contributed by atoms with Gasteiger partial charge in [0, 0.05) is 32.7 Å². The molecular weight excluding hydrogens is 556 g/mol. The van der Waals surface area contributed by atoms with Crippen molar-refractivity contribution in [1.82, 2.24) is 40.1 Å². The number of amides is 1. The van der Waals surface area contributed by atoms with Crippen LogP contribution in [0, 0.1) is 17.8 Å². The van der Waals surface area contributed by atoms with Crippen molar-refractivity contribution in [2.45, 2.75) is 83.9 Å². The van der Waals surface area contributed by atoms with Gasteiger partial charge in [0.1, 0.15) is 22.8 Å². The lowest BCUT2D eigenvalue weighted by atomic mass is 9.84. The Hall–Kier alpha value is -3.83. The molecule has 0 aromatic carbocycles. The first-order valence-corrected chi connectivity index (χ1v) is 16.3. The Morgan fingerprint density at radius 1 is 0.977 bits per heavy atom. The molecule has 0 spiro atoms. The Morgan fingerprint density at radius 3 is 2.50 bits per heavy atom. The predicted octanol–water partition coefficient (Wildman–Crippen LogP) is 4.60. The zero-order valence-corrected chi connectivity index (χ0v) is 26.3. The number of ether oxygens (including phenoxy) is 1. The Morgan fingerprint density at radius 2 is 1.80 bits per heavy atom. The van der Waals surface area contributed by atoms with Crippen LogP contribution in [0.5, 0.6) is 0 Å². The molecule has 7 rings (SSSR count). The number of hydrogen-bond donors (Lipinski definition) is 0. The molecule has 2 saturated heterocycles. The Bertz CT molecular complexity index is 1460. The van der Waals surface area contributed by atoms with Crippen LogP contribution in [0.25, 0.3) is 11.4 Å². The second-order valence-corrected chi connectivity index (χ2v) is 14.2. The van der Waals surface area contributed by atoms with Crippen molar-refractivity contribution in [3.8, 4) is 11.4 Å². The second kappa shape index (κ2) is 11.6. The van der Waals surface area contributed by atoms with Gasteiger partial charge >= 0.3 is 6.09 Å². The molecule has 12 nitrogen and oxygen atoms in total. The third-order valence-electron chi connectivity index (χ3n) is 9.66. The van der Waals surface area contributed by atoms with Crippen LogP contribution in [0.3, 0.4) is 0 Å². The molecule has 12 heteroatoms. The number of carbonyl (C=O) groups excluding carboxylic acids is 1. The Balaban J connectivity index is 1.01. The van der Waals surface area contributed by atoms with Gasteiger partial charge in [-0.25, -0.2) is 14.5 Å². The van der Waals surface area contributed by atoms with Gasteiger partial charge in [-0.1, -0.05) is 11.6 Å². The molecule has 1 amide bonds. The molecule has 2 aliphatic carbocycles. The average Bonchev–Trinajstić information content (AvgIpc) is 3.35. The smallest absolute Gasteiger partial charge is 0.410 e. The van der Waals surface area contributed by atoms with Gasteiger partial charge in [-0.3, -0.25) is 4.98 Å². The molecule has 0 bridgehead atoms. The molecule has 4 atom stereocenters. The maximum absolute atomic E-state index is 13.2. The molecule has 0 radical (unpaired) electrons. The summed E-state index contributed by atoms with van der Waals surface area (Å²) in [5.41, 5.74) is 1.70. The number of aromatic nitrogens is 7. The number of nitrogens with zero attached hydrogens (tertiary/aromatic N) is 10. The van der Waals surface area contributed by atoms with Crippen molar-refractivity contribution < 1.29 is 9.53 Å². The summed E-state index contributed by atoms with van der Waals surface area (Å²) in [5.74, 6) is 3.97. The standard InChI is InChI=1S/C32H44N10O2/c1-21(42-20-28(36-38-42)27-14-33-15-30(34-27)40-17-23-13-24(23)18-40)26-10-11-29(37-35-26)39-12-6-9-25(19-39)41(16-22-7-5-8-22)31(43)44-32(2,3)4/h10-11,14-15,20-25H,5-9,12-13,16-19H2,1-4H3/t21?,23?,24?,25-/m1/s1. The van der Waals surface area contributed by atoms with Gasteiger partial charge in [-0.2, -0.15) is 5.10 Å². The molecule has 0 N–H and O–H groups in total. The van der Waals surface area contributed by atoms with E-state index in [9.17, 15) is 4.79 Å². The van der Waals surface area contributed by atoms with Crippen molar-refractivity contribution in [1.29, 1.82) is 0 Å². The van der Waals surface area contributed by atoms with Crippen molar-refractivity contribution >= 4 is 17.7 Å². The number of rotatable bonds is 8. The summed E-state index contributed by atoms with van der Waals surface area (Å²) in [6, 6.07) is 3.97. The fourth-order valence-corrected chi connectivity index (χ4v) is 6.73. The zero-order chi connectivity index (χ0) is 30.4. The first-order chi connectivity index (χ1) is 21.2. The van der Waals surface area contributed by atoms with Crippen LogP contribution in [0.2, 0.25) is 0 Å². The lowest BCUT2D eigenvalue weighted by Gasteiger charge is -2.42. The minimum atomic E-state index is -0.516. The van der Waals surface area contributed by atoms with Gasteiger partial charge in [-0.05, 0) is 89.7 Å². The topological polar surface area (TPSA) is 118 Å². The van der Waals surface area contributed by atoms with E-state index < -0.39 is 5.60 Å². The molecule has 3 unspecified atom stereocenters. The molecule has 3 aromatic heterocycles. The summed E-state index contributed by atoms with van der Waals surface area (Å²) in [5, 5.41) is 18.0. The van der Waals surface area contributed by atoms with E-state index in [1.807, 2.05) is 57.1 Å². The van der Waals surface area contributed by atoms with Gasteiger partial charge in [0.2, 0.25) is 0 Å². The fraction of sp³-hybridized carbons (Fsp3) is 0.656. The molecule has 234 valence electrons. The summed E-state index contributed by atoms with van der Waals surface area (Å²) < 4.78 is 7.63. The van der Waals surface area contributed by atoms with Gasteiger partial charge in [0.05, 0.1) is 36.4 Å². The minimum absolute atomic E-state index is 0.0888. The van der Waals surface area contributed by atoms with Crippen LogP contribution >= 0.6 is 0 Å². The summed E-state index contributed by atoms with van der Waals surface area (Å²) in [7, 11) is 0. The third-order valence-corrected chi connectivity index (χ3v) is 9.66. The van der Waals surface area contributed by atoms with Crippen LogP contribution in [-0.2, 0) is 4.74 Å². The molecule has 44 heavy (non-hydrogen) atoms. The van der Waals surface area contributed by atoms with Gasteiger partial charge in [0.15, 0.2) is 5.82 Å². The van der Waals surface area contributed by atoms with Crippen molar-refractivity contribution in [3.63, 3.8) is 0 Å². The minimum Gasteiger partial charge on any atom is -0.444 e. The van der Waals surface area contributed by atoms with Crippen LogP contribution in [0.1, 0.15) is 78.0 Å². The van der Waals surface area contributed by atoms with E-state index in [4.69, 9.17) is 9.72 Å². The molecule has 4 fully saturated rings. The maximum Gasteiger partial charge on any atom is 0.410 e. The highest BCUT2D eigenvalue weighted by molar-refractivity contribution is 5.69. The number of carbonyl (C=O) groups is 1. The van der Waals surface area contributed by atoms with Crippen molar-refractivity contribution in [2.75, 3.05) is 42.5 Å². The number of anilines is 2. The van der Waals surface area contributed by atoms with Gasteiger partial charge in [-0.15, -0.1) is 10.2 Å². The van der Waals surface area contributed by atoms with Crippen LogP contribution in [0.15, 0.2) is 30.7 Å². The summed E-state index contributed by atoms with van der Waals surface area (Å²) >= 11 is 0. The van der Waals surface area contributed by atoms with E-state index >= 15 is 0 Å². The number of fused-ring (bicyclic) bond motifs is 1. The number of piperidine rings is 2. The highest BCUT2D eigenvalue weighted by Gasteiger charge is 2.45. The second-order valence-electron chi connectivity index (χ2n) is 14.2. The molecule has 2 aliphatic heterocycles. The van der Waals surface area contributed by atoms with Gasteiger partial charge < -0.3 is 19.4 Å². The van der Waals surface area contributed by atoms with E-state index in [-0.39, 0.29) is 18.2 Å². The third kappa shape index (κ3) is 6.21. The van der Waals surface area contributed by atoms with Crippen molar-refractivity contribution in [2.24, 2.45) is 17.8 Å².